The largest absolute Gasteiger partial charge is 0.462 e. The van der Waals surface area contributed by atoms with Gasteiger partial charge in [-0.15, -0.1) is 0 Å². The third kappa shape index (κ3) is 58.2. The molecule has 0 bridgehead atoms. The standard InChI is InChI=1S/C68H108O6/c1-4-7-10-13-16-18-20-22-24-26-28-29-30-31-32-33-34-35-36-37-38-39-41-42-44-46-48-50-52-55-58-61-67(70)73-64-65(63-72-66(69)60-57-54-15-12-9-6-3)74-68(71)62-59-56-53-51-49-47-45-43-40-27-25-23-21-19-17-14-11-8-5-2/h7-8,10-11,16-19,22-25,28-29,31-32,34-35,37-38,40-43,65H,4-6,9,12-15,20-21,26-27,30,33,36,39,44-64H2,1-3H3/b10-7-,11-8-,18-16-,19-17-,24-22-,25-23-,29-28-,32-31-,35-34-,38-37-,42-41-,43-40-. The molecule has 0 rings (SSSR count). The Morgan fingerprint density at radius 2 is 0.527 bits per heavy atom. The maximum atomic E-state index is 12.8. The van der Waals surface area contributed by atoms with Crippen LogP contribution in [0, 0.1) is 0 Å². The summed E-state index contributed by atoms with van der Waals surface area (Å²) in [4.78, 5) is 37.9. The van der Waals surface area contributed by atoms with Crippen molar-refractivity contribution >= 4 is 17.9 Å². The van der Waals surface area contributed by atoms with E-state index >= 15 is 0 Å². The summed E-state index contributed by atoms with van der Waals surface area (Å²) in [6, 6.07) is 0. The Morgan fingerprint density at radius 1 is 0.284 bits per heavy atom. The number of allylic oxidation sites excluding steroid dienone is 24. The summed E-state index contributed by atoms with van der Waals surface area (Å²) < 4.78 is 16.7. The Hall–Kier alpha value is -4.71. The Labute approximate surface area is 455 Å². The molecule has 0 heterocycles. The highest BCUT2D eigenvalue weighted by Crippen LogP contribution is 2.14. The first kappa shape index (κ1) is 69.3. The van der Waals surface area contributed by atoms with E-state index in [0.717, 1.165) is 161 Å². The number of unbranched alkanes of at least 4 members (excludes halogenated alkanes) is 17. The molecule has 74 heavy (non-hydrogen) atoms. The third-order valence-electron chi connectivity index (χ3n) is 12.1. The summed E-state index contributed by atoms with van der Waals surface area (Å²) in [5.41, 5.74) is 0. The molecule has 0 amide bonds. The van der Waals surface area contributed by atoms with Gasteiger partial charge in [0.1, 0.15) is 13.2 Å². The van der Waals surface area contributed by atoms with Gasteiger partial charge in [-0.25, -0.2) is 0 Å². The fourth-order valence-electron chi connectivity index (χ4n) is 7.68. The van der Waals surface area contributed by atoms with Crippen molar-refractivity contribution in [1.82, 2.24) is 0 Å². The fraction of sp³-hybridized carbons (Fsp3) is 0.603. The molecule has 1 unspecified atom stereocenters. The molecule has 6 heteroatoms. The van der Waals surface area contributed by atoms with Crippen LogP contribution in [-0.4, -0.2) is 37.2 Å². The van der Waals surface area contributed by atoms with Crippen LogP contribution in [0.15, 0.2) is 146 Å². The van der Waals surface area contributed by atoms with Gasteiger partial charge in [-0.2, -0.15) is 0 Å². The SMILES string of the molecule is CC/C=C\C/C=C\C/C=C\C/C=C\C/C=C\C/C=C\C/C=C\C/C=C\CCCCCCCCC(=O)OCC(COC(=O)CCCCCCCC)OC(=O)CCCCCCCC/C=C\C/C=C\C/C=C\C/C=C\CC. The normalized spacial score (nSPS) is 13.2. The van der Waals surface area contributed by atoms with E-state index < -0.39 is 6.10 Å². The van der Waals surface area contributed by atoms with Crippen LogP contribution in [0.3, 0.4) is 0 Å². The summed E-state index contributed by atoms with van der Waals surface area (Å²) in [7, 11) is 0. The molecule has 6 nitrogen and oxygen atoms in total. The monoisotopic (exact) mass is 1020 g/mol. The first-order chi connectivity index (χ1) is 36.5. The quantitative estimate of drug-likeness (QED) is 0.0261. The number of ether oxygens (including phenoxy) is 3. The molecule has 0 aromatic rings. The summed E-state index contributed by atoms with van der Waals surface area (Å²) in [5, 5.41) is 0. The van der Waals surface area contributed by atoms with Crippen LogP contribution >= 0.6 is 0 Å². The lowest BCUT2D eigenvalue weighted by molar-refractivity contribution is -0.167. The lowest BCUT2D eigenvalue weighted by Crippen LogP contribution is -2.30. The minimum atomic E-state index is -0.795. The highest BCUT2D eigenvalue weighted by atomic mass is 16.6. The molecule has 0 spiro atoms. The minimum Gasteiger partial charge on any atom is -0.462 e. The van der Waals surface area contributed by atoms with E-state index in [9.17, 15) is 14.4 Å². The topological polar surface area (TPSA) is 78.9 Å². The first-order valence-corrected chi connectivity index (χ1v) is 29.8. The van der Waals surface area contributed by atoms with E-state index in [1.807, 2.05) is 0 Å². The number of carbonyl (C=O) groups is 3. The molecule has 1 atom stereocenters. The molecule has 0 aliphatic heterocycles. The average molecular weight is 1020 g/mol. The van der Waals surface area contributed by atoms with Crippen LogP contribution in [0.25, 0.3) is 0 Å². The molecule has 0 aliphatic carbocycles. The molecule has 0 saturated carbocycles. The smallest absolute Gasteiger partial charge is 0.306 e. The molecule has 0 aromatic heterocycles. The molecular formula is C68H108O6. The van der Waals surface area contributed by atoms with Gasteiger partial charge < -0.3 is 14.2 Å². The Balaban J connectivity index is 4.21. The molecule has 0 saturated heterocycles. The highest BCUT2D eigenvalue weighted by Gasteiger charge is 2.19. The zero-order valence-electron chi connectivity index (χ0n) is 47.5. The number of hydrogen-bond acceptors (Lipinski definition) is 6. The number of carbonyl (C=O) groups excluding carboxylic acids is 3. The van der Waals surface area contributed by atoms with E-state index in [2.05, 4.69) is 167 Å². The molecule has 0 aliphatic rings. The second-order valence-electron chi connectivity index (χ2n) is 19.1. The van der Waals surface area contributed by atoms with Crippen LogP contribution in [0.1, 0.15) is 245 Å². The van der Waals surface area contributed by atoms with Gasteiger partial charge in [-0.05, 0) is 122 Å². The summed E-state index contributed by atoms with van der Waals surface area (Å²) in [5.74, 6) is -0.938. The predicted molar refractivity (Wildman–Crippen MR) is 320 cm³/mol. The highest BCUT2D eigenvalue weighted by molar-refractivity contribution is 5.71. The van der Waals surface area contributed by atoms with Gasteiger partial charge in [0.2, 0.25) is 0 Å². The first-order valence-electron chi connectivity index (χ1n) is 29.8. The zero-order chi connectivity index (χ0) is 53.6. The van der Waals surface area contributed by atoms with Crippen molar-refractivity contribution in [2.24, 2.45) is 0 Å². The molecule has 0 aromatic carbocycles. The van der Waals surface area contributed by atoms with Gasteiger partial charge in [0, 0.05) is 19.3 Å². The lowest BCUT2D eigenvalue weighted by atomic mass is 10.1. The maximum absolute atomic E-state index is 12.8. The fourth-order valence-corrected chi connectivity index (χ4v) is 7.68. The van der Waals surface area contributed by atoms with Crippen molar-refractivity contribution in [3.8, 4) is 0 Å². The van der Waals surface area contributed by atoms with Gasteiger partial charge in [0.05, 0.1) is 0 Å². The Kier molecular flexibility index (Phi) is 57.0. The number of hydrogen-bond donors (Lipinski definition) is 0. The van der Waals surface area contributed by atoms with Gasteiger partial charge in [-0.3, -0.25) is 14.4 Å². The molecular weight excluding hydrogens is 913 g/mol. The summed E-state index contributed by atoms with van der Waals surface area (Å²) >= 11 is 0. The summed E-state index contributed by atoms with van der Waals surface area (Å²) in [6.07, 6.45) is 87.3. The van der Waals surface area contributed by atoms with Crippen LogP contribution in [0.4, 0.5) is 0 Å². The van der Waals surface area contributed by atoms with Crippen molar-refractivity contribution in [2.45, 2.75) is 252 Å². The molecule has 0 radical (unpaired) electrons. The van der Waals surface area contributed by atoms with Crippen molar-refractivity contribution < 1.29 is 28.6 Å². The van der Waals surface area contributed by atoms with E-state index in [4.69, 9.17) is 14.2 Å². The minimum absolute atomic E-state index is 0.0933. The molecule has 416 valence electrons. The Bertz CT molecular complexity index is 1640. The van der Waals surface area contributed by atoms with E-state index in [0.29, 0.717) is 19.3 Å². The van der Waals surface area contributed by atoms with E-state index in [-0.39, 0.29) is 31.1 Å². The summed E-state index contributed by atoms with van der Waals surface area (Å²) in [6.45, 7) is 6.32. The van der Waals surface area contributed by atoms with Gasteiger partial charge in [0.15, 0.2) is 6.10 Å². The van der Waals surface area contributed by atoms with Crippen LogP contribution in [0.2, 0.25) is 0 Å². The predicted octanol–water partition coefficient (Wildman–Crippen LogP) is 20.4. The van der Waals surface area contributed by atoms with Crippen LogP contribution in [0.5, 0.6) is 0 Å². The van der Waals surface area contributed by atoms with Crippen molar-refractivity contribution in [2.75, 3.05) is 13.2 Å². The van der Waals surface area contributed by atoms with E-state index in [1.54, 1.807) is 0 Å². The number of rotatable bonds is 52. The lowest BCUT2D eigenvalue weighted by Gasteiger charge is -2.18. The van der Waals surface area contributed by atoms with Crippen LogP contribution < -0.4 is 0 Å². The second kappa shape index (κ2) is 60.8. The van der Waals surface area contributed by atoms with Crippen molar-refractivity contribution in [3.63, 3.8) is 0 Å². The Morgan fingerprint density at radius 3 is 0.824 bits per heavy atom. The average Bonchev–Trinajstić information content (AvgIpc) is 3.40. The number of esters is 3. The van der Waals surface area contributed by atoms with Gasteiger partial charge in [0.25, 0.3) is 0 Å². The van der Waals surface area contributed by atoms with Crippen molar-refractivity contribution in [3.05, 3.63) is 146 Å². The molecule has 0 fully saturated rings. The van der Waals surface area contributed by atoms with Crippen LogP contribution in [-0.2, 0) is 28.6 Å². The third-order valence-corrected chi connectivity index (χ3v) is 12.1. The van der Waals surface area contributed by atoms with E-state index in [1.165, 1.54) is 44.9 Å². The maximum Gasteiger partial charge on any atom is 0.306 e. The van der Waals surface area contributed by atoms with Gasteiger partial charge >= 0.3 is 17.9 Å². The molecule has 0 N–H and O–H groups in total. The van der Waals surface area contributed by atoms with Crippen molar-refractivity contribution in [1.29, 1.82) is 0 Å². The second-order valence-corrected chi connectivity index (χ2v) is 19.1. The van der Waals surface area contributed by atoms with Gasteiger partial charge in [-0.1, -0.05) is 250 Å². The zero-order valence-corrected chi connectivity index (χ0v) is 47.5.